The molecule has 1 unspecified atom stereocenters. The summed E-state index contributed by atoms with van der Waals surface area (Å²) in [6, 6.07) is 8.06. The Morgan fingerprint density at radius 1 is 1.48 bits per heavy atom. The van der Waals surface area contributed by atoms with Gasteiger partial charge in [0.15, 0.2) is 0 Å². The van der Waals surface area contributed by atoms with Gasteiger partial charge >= 0.3 is 0 Å². The molecule has 1 aromatic carbocycles. The SMILES string of the molecule is CC(C)Sc1ccccc1NC(=O)CC1COCCN1.Cl. The molecule has 0 aliphatic carbocycles. The van der Waals surface area contributed by atoms with Gasteiger partial charge in [0.25, 0.3) is 0 Å². The molecule has 2 N–H and O–H groups in total. The quantitative estimate of drug-likeness (QED) is 0.815. The van der Waals surface area contributed by atoms with Gasteiger partial charge in [0.05, 0.1) is 18.9 Å². The van der Waals surface area contributed by atoms with Gasteiger partial charge in [-0.1, -0.05) is 26.0 Å². The van der Waals surface area contributed by atoms with Crippen molar-refractivity contribution in [3.8, 4) is 0 Å². The summed E-state index contributed by atoms with van der Waals surface area (Å²) in [6.07, 6.45) is 0.445. The highest BCUT2D eigenvalue weighted by Gasteiger charge is 2.17. The fraction of sp³-hybridized carbons (Fsp3) is 0.533. The van der Waals surface area contributed by atoms with Crippen molar-refractivity contribution in [2.75, 3.05) is 25.1 Å². The fourth-order valence-corrected chi connectivity index (χ4v) is 3.01. The summed E-state index contributed by atoms with van der Waals surface area (Å²) in [5, 5.41) is 6.79. The molecule has 0 saturated carbocycles. The molecule has 4 nitrogen and oxygen atoms in total. The molecule has 2 rings (SSSR count). The molecular weight excluding hydrogens is 308 g/mol. The van der Waals surface area contributed by atoms with Crippen LogP contribution in [0.25, 0.3) is 0 Å². The van der Waals surface area contributed by atoms with Crippen molar-refractivity contribution in [1.29, 1.82) is 0 Å². The van der Waals surface area contributed by atoms with Crippen LogP contribution < -0.4 is 10.6 Å². The Kier molecular flexibility index (Phi) is 8.11. The van der Waals surface area contributed by atoms with Gasteiger partial charge in [0.1, 0.15) is 0 Å². The zero-order valence-electron chi connectivity index (χ0n) is 12.4. The monoisotopic (exact) mass is 330 g/mol. The first-order valence-corrected chi connectivity index (χ1v) is 7.90. The number of rotatable bonds is 5. The number of nitrogens with one attached hydrogen (secondary N) is 2. The minimum absolute atomic E-state index is 0. The Hall–Kier alpha value is -0.750. The normalized spacial score (nSPS) is 18.1. The van der Waals surface area contributed by atoms with E-state index in [4.69, 9.17) is 4.74 Å². The van der Waals surface area contributed by atoms with Gasteiger partial charge in [-0.25, -0.2) is 0 Å². The zero-order valence-corrected chi connectivity index (χ0v) is 14.1. The summed E-state index contributed by atoms with van der Waals surface area (Å²) < 4.78 is 5.36. The molecule has 0 radical (unpaired) electrons. The lowest BCUT2D eigenvalue weighted by Gasteiger charge is -2.23. The minimum Gasteiger partial charge on any atom is -0.378 e. The summed E-state index contributed by atoms with van der Waals surface area (Å²) >= 11 is 1.76. The van der Waals surface area contributed by atoms with Crippen LogP contribution in [0.1, 0.15) is 20.3 Å². The summed E-state index contributed by atoms with van der Waals surface area (Å²) in [5.41, 5.74) is 0.896. The fourth-order valence-electron chi connectivity index (χ4n) is 2.10. The topological polar surface area (TPSA) is 50.4 Å². The molecule has 1 aromatic rings. The van der Waals surface area contributed by atoms with Crippen LogP contribution >= 0.6 is 24.2 Å². The summed E-state index contributed by atoms with van der Waals surface area (Å²) in [4.78, 5) is 13.2. The maximum atomic E-state index is 12.1. The van der Waals surface area contributed by atoms with Crippen LogP contribution in [-0.4, -0.2) is 37.0 Å². The van der Waals surface area contributed by atoms with Crippen molar-refractivity contribution in [3.63, 3.8) is 0 Å². The van der Waals surface area contributed by atoms with Gasteiger partial charge in [-0.15, -0.1) is 24.2 Å². The van der Waals surface area contributed by atoms with Crippen LogP contribution in [0.4, 0.5) is 5.69 Å². The van der Waals surface area contributed by atoms with E-state index in [1.54, 1.807) is 11.8 Å². The number of carbonyl (C=O) groups excluding carboxylic acids is 1. The molecule has 1 fully saturated rings. The van der Waals surface area contributed by atoms with E-state index in [1.807, 2.05) is 24.3 Å². The van der Waals surface area contributed by atoms with Gasteiger partial charge in [-0.3, -0.25) is 4.79 Å². The Morgan fingerprint density at radius 3 is 2.90 bits per heavy atom. The summed E-state index contributed by atoms with van der Waals surface area (Å²) in [5.74, 6) is 0.0322. The number of ether oxygens (including phenoxy) is 1. The molecule has 1 aliphatic heterocycles. The number of carbonyl (C=O) groups is 1. The molecule has 6 heteroatoms. The van der Waals surface area contributed by atoms with Crippen molar-refractivity contribution < 1.29 is 9.53 Å². The van der Waals surface area contributed by atoms with Crippen molar-refractivity contribution in [2.24, 2.45) is 0 Å². The van der Waals surface area contributed by atoms with Crippen molar-refractivity contribution in [2.45, 2.75) is 36.5 Å². The van der Waals surface area contributed by atoms with Crippen LogP contribution in [0.15, 0.2) is 29.2 Å². The molecular formula is C15H23ClN2O2S. The first-order chi connectivity index (χ1) is 9.65. The van der Waals surface area contributed by atoms with Crippen LogP contribution in [0.5, 0.6) is 0 Å². The number of anilines is 1. The van der Waals surface area contributed by atoms with Gasteiger partial charge in [0, 0.05) is 29.2 Å². The second-order valence-corrected chi connectivity index (χ2v) is 6.76. The van der Waals surface area contributed by atoms with E-state index in [1.165, 1.54) is 0 Å². The van der Waals surface area contributed by atoms with E-state index in [9.17, 15) is 4.79 Å². The first-order valence-electron chi connectivity index (χ1n) is 7.02. The number of halogens is 1. The third kappa shape index (κ3) is 6.26. The standard InChI is InChI=1S/C15H22N2O2S.ClH/c1-11(2)20-14-6-4-3-5-13(14)17-15(18)9-12-10-19-8-7-16-12;/h3-6,11-12,16H,7-10H2,1-2H3,(H,17,18);1H. The highest BCUT2D eigenvalue weighted by molar-refractivity contribution is 8.00. The molecule has 1 amide bonds. The minimum atomic E-state index is 0. The average molecular weight is 331 g/mol. The van der Waals surface area contributed by atoms with E-state index in [-0.39, 0.29) is 24.4 Å². The number of para-hydroxylation sites is 1. The van der Waals surface area contributed by atoms with Gasteiger partial charge in [-0.05, 0) is 12.1 Å². The second kappa shape index (κ2) is 9.30. The maximum absolute atomic E-state index is 12.1. The predicted molar refractivity (Wildman–Crippen MR) is 90.5 cm³/mol. The van der Waals surface area contributed by atoms with Crippen LogP contribution in [-0.2, 0) is 9.53 Å². The van der Waals surface area contributed by atoms with Gasteiger partial charge in [0.2, 0.25) is 5.91 Å². The smallest absolute Gasteiger partial charge is 0.226 e. The number of benzene rings is 1. The Bertz CT molecular complexity index is 451. The van der Waals surface area contributed by atoms with E-state index in [0.717, 1.165) is 23.7 Å². The highest BCUT2D eigenvalue weighted by Crippen LogP contribution is 2.30. The molecule has 1 aliphatic rings. The third-order valence-electron chi connectivity index (χ3n) is 2.95. The van der Waals surface area contributed by atoms with Crippen LogP contribution in [0.3, 0.4) is 0 Å². The second-order valence-electron chi connectivity index (χ2n) is 5.14. The highest BCUT2D eigenvalue weighted by atomic mass is 35.5. The molecule has 1 atom stereocenters. The van der Waals surface area contributed by atoms with Gasteiger partial charge < -0.3 is 15.4 Å². The number of morpholine rings is 1. The van der Waals surface area contributed by atoms with E-state index in [2.05, 4.69) is 24.5 Å². The zero-order chi connectivity index (χ0) is 14.4. The third-order valence-corrected chi connectivity index (χ3v) is 4.04. The lowest BCUT2D eigenvalue weighted by atomic mass is 10.2. The molecule has 118 valence electrons. The van der Waals surface area contributed by atoms with Crippen molar-refractivity contribution >= 4 is 35.8 Å². The van der Waals surface area contributed by atoms with Crippen molar-refractivity contribution in [1.82, 2.24) is 5.32 Å². The number of hydrogen-bond donors (Lipinski definition) is 2. The molecule has 21 heavy (non-hydrogen) atoms. The Morgan fingerprint density at radius 2 is 2.24 bits per heavy atom. The lowest BCUT2D eigenvalue weighted by molar-refractivity contribution is -0.117. The van der Waals surface area contributed by atoms with Crippen LogP contribution in [0, 0.1) is 0 Å². The van der Waals surface area contributed by atoms with E-state index >= 15 is 0 Å². The molecule has 0 bridgehead atoms. The molecule has 1 saturated heterocycles. The Balaban J connectivity index is 0.00000220. The molecule has 0 aromatic heterocycles. The largest absolute Gasteiger partial charge is 0.378 e. The maximum Gasteiger partial charge on any atom is 0.226 e. The summed E-state index contributed by atoms with van der Waals surface area (Å²) in [7, 11) is 0. The number of thioether (sulfide) groups is 1. The molecule has 0 spiro atoms. The first kappa shape index (κ1) is 18.3. The average Bonchev–Trinajstić information content (AvgIpc) is 2.41. The Labute approximate surface area is 136 Å². The van der Waals surface area contributed by atoms with Crippen LogP contribution in [0.2, 0.25) is 0 Å². The number of amides is 1. The summed E-state index contributed by atoms with van der Waals surface area (Å²) in [6.45, 7) is 6.44. The molecule has 1 heterocycles. The predicted octanol–water partition coefficient (Wildman–Crippen LogP) is 2.93. The van der Waals surface area contributed by atoms with E-state index in [0.29, 0.717) is 18.3 Å². The van der Waals surface area contributed by atoms with E-state index < -0.39 is 0 Å². The number of hydrogen-bond acceptors (Lipinski definition) is 4. The lowest BCUT2D eigenvalue weighted by Crippen LogP contribution is -2.43. The van der Waals surface area contributed by atoms with Crippen molar-refractivity contribution in [3.05, 3.63) is 24.3 Å². The van der Waals surface area contributed by atoms with Gasteiger partial charge in [-0.2, -0.15) is 0 Å².